The lowest BCUT2D eigenvalue weighted by atomic mass is 10.4. The van der Waals surface area contributed by atoms with Crippen LogP contribution in [0.25, 0.3) is 5.82 Å². The van der Waals surface area contributed by atoms with Crippen molar-refractivity contribution in [1.29, 1.82) is 0 Å². The summed E-state index contributed by atoms with van der Waals surface area (Å²) < 4.78 is 1.85. The normalized spacial score (nSPS) is 10.4. The number of nitrogens with zero attached hydrogens (tertiary/aromatic N) is 4. The standard InChI is InChI=1S/C9H11N5/c1-2-7-11-5-6-14(7)9-8(10)12-3-4-13-9/h3-6H,2H2,1H3,(H2,10,12). The number of anilines is 1. The van der Waals surface area contributed by atoms with Crippen molar-refractivity contribution in [2.45, 2.75) is 13.3 Å². The minimum absolute atomic E-state index is 0.417. The largest absolute Gasteiger partial charge is 0.381 e. The highest BCUT2D eigenvalue weighted by Gasteiger charge is 2.07. The van der Waals surface area contributed by atoms with E-state index in [2.05, 4.69) is 15.0 Å². The van der Waals surface area contributed by atoms with Crippen LogP contribution < -0.4 is 5.73 Å². The van der Waals surface area contributed by atoms with E-state index >= 15 is 0 Å². The van der Waals surface area contributed by atoms with Gasteiger partial charge < -0.3 is 5.73 Å². The van der Waals surface area contributed by atoms with Crippen molar-refractivity contribution in [2.24, 2.45) is 0 Å². The highest BCUT2D eigenvalue weighted by atomic mass is 15.1. The molecule has 0 bridgehead atoms. The highest BCUT2D eigenvalue weighted by Crippen LogP contribution is 2.12. The van der Waals surface area contributed by atoms with Crippen LogP contribution in [-0.4, -0.2) is 19.5 Å². The maximum Gasteiger partial charge on any atom is 0.181 e. The fourth-order valence-corrected chi connectivity index (χ4v) is 1.32. The van der Waals surface area contributed by atoms with Crippen LogP contribution in [-0.2, 0) is 6.42 Å². The third-order valence-corrected chi connectivity index (χ3v) is 1.97. The molecule has 14 heavy (non-hydrogen) atoms. The molecule has 0 amide bonds. The topological polar surface area (TPSA) is 69.6 Å². The second-order valence-electron chi connectivity index (χ2n) is 2.83. The molecule has 0 aliphatic heterocycles. The third-order valence-electron chi connectivity index (χ3n) is 1.97. The molecule has 72 valence electrons. The fraction of sp³-hybridized carbons (Fsp3) is 0.222. The Morgan fingerprint density at radius 1 is 1.21 bits per heavy atom. The molecule has 2 aromatic heterocycles. The molecule has 5 nitrogen and oxygen atoms in total. The van der Waals surface area contributed by atoms with E-state index in [4.69, 9.17) is 5.73 Å². The molecule has 0 aliphatic carbocycles. The van der Waals surface area contributed by atoms with Gasteiger partial charge in [0.15, 0.2) is 11.6 Å². The number of rotatable bonds is 2. The monoisotopic (exact) mass is 189 g/mol. The Bertz CT molecular complexity index is 434. The van der Waals surface area contributed by atoms with Crippen molar-refractivity contribution in [3.63, 3.8) is 0 Å². The lowest BCUT2D eigenvalue weighted by Crippen LogP contribution is -2.06. The number of nitrogen functional groups attached to an aromatic ring is 1. The van der Waals surface area contributed by atoms with Gasteiger partial charge in [-0.05, 0) is 0 Å². The number of hydrogen-bond acceptors (Lipinski definition) is 4. The molecule has 2 aromatic rings. The summed E-state index contributed by atoms with van der Waals surface area (Å²) in [6.45, 7) is 2.03. The van der Waals surface area contributed by atoms with Crippen LogP contribution in [0.1, 0.15) is 12.7 Å². The molecule has 0 fully saturated rings. The number of aryl methyl sites for hydroxylation is 1. The van der Waals surface area contributed by atoms with Crippen LogP contribution in [0.5, 0.6) is 0 Å². The Morgan fingerprint density at radius 2 is 2.00 bits per heavy atom. The van der Waals surface area contributed by atoms with Gasteiger partial charge in [-0.2, -0.15) is 0 Å². The fourth-order valence-electron chi connectivity index (χ4n) is 1.32. The quantitative estimate of drug-likeness (QED) is 0.758. The number of hydrogen-bond donors (Lipinski definition) is 1. The van der Waals surface area contributed by atoms with E-state index in [9.17, 15) is 0 Å². The summed E-state index contributed by atoms with van der Waals surface area (Å²) in [4.78, 5) is 12.3. The Hall–Kier alpha value is -1.91. The molecule has 2 N–H and O–H groups in total. The molecule has 0 spiro atoms. The van der Waals surface area contributed by atoms with E-state index in [0.29, 0.717) is 11.6 Å². The Morgan fingerprint density at radius 3 is 2.71 bits per heavy atom. The van der Waals surface area contributed by atoms with Gasteiger partial charge in [-0.15, -0.1) is 0 Å². The zero-order chi connectivity index (χ0) is 9.97. The second kappa shape index (κ2) is 3.45. The first-order valence-corrected chi connectivity index (χ1v) is 4.42. The summed E-state index contributed by atoms with van der Waals surface area (Å²) in [5.41, 5.74) is 5.71. The van der Waals surface area contributed by atoms with Crippen LogP contribution in [0.4, 0.5) is 5.82 Å². The second-order valence-corrected chi connectivity index (χ2v) is 2.83. The van der Waals surface area contributed by atoms with Gasteiger partial charge in [-0.25, -0.2) is 15.0 Å². The summed E-state index contributed by atoms with van der Waals surface area (Å²) in [7, 11) is 0. The molecule has 0 aromatic carbocycles. The van der Waals surface area contributed by atoms with Gasteiger partial charge in [0.25, 0.3) is 0 Å². The SMILES string of the molecule is CCc1nccn1-c1nccnc1N. The molecule has 2 rings (SSSR count). The van der Waals surface area contributed by atoms with Crippen molar-refractivity contribution in [1.82, 2.24) is 19.5 Å². The smallest absolute Gasteiger partial charge is 0.181 e. The molecule has 5 heteroatoms. The van der Waals surface area contributed by atoms with Crippen LogP contribution >= 0.6 is 0 Å². The van der Waals surface area contributed by atoms with E-state index in [0.717, 1.165) is 12.2 Å². The molecular formula is C9H11N5. The third kappa shape index (κ3) is 1.32. The molecular weight excluding hydrogens is 178 g/mol. The van der Waals surface area contributed by atoms with Gasteiger partial charge in [0.05, 0.1) is 0 Å². The summed E-state index contributed by atoms with van der Waals surface area (Å²) in [6, 6.07) is 0. The molecule has 0 aliphatic rings. The Kier molecular flexibility index (Phi) is 2.14. The first kappa shape index (κ1) is 8.68. The highest BCUT2D eigenvalue weighted by molar-refractivity contribution is 5.46. The maximum atomic E-state index is 5.71. The lowest BCUT2D eigenvalue weighted by Gasteiger charge is -2.06. The molecule has 0 saturated heterocycles. The average molecular weight is 189 g/mol. The van der Waals surface area contributed by atoms with Gasteiger partial charge in [0.1, 0.15) is 5.82 Å². The molecule has 2 heterocycles. The Labute approximate surface area is 81.6 Å². The first-order chi connectivity index (χ1) is 6.83. The zero-order valence-electron chi connectivity index (χ0n) is 7.88. The van der Waals surface area contributed by atoms with Crippen molar-refractivity contribution in [2.75, 3.05) is 5.73 Å². The molecule has 0 unspecified atom stereocenters. The summed E-state index contributed by atoms with van der Waals surface area (Å²) in [5, 5.41) is 0. The number of nitrogens with two attached hydrogens (primary N) is 1. The van der Waals surface area contributed by atoms with Crippen LogP contribution in [0.15, 0.2) is 24.8 Å². The van der Waals surface area contributed by atoms with E-state index < -0.39 is 0 Å². The summed E-state index contributed by atoms with van der Waals surface area (Å²) in [5.74, 6) is 1.99. The first-order valence-electron chi connectivity index (χ1n) is 4.42. The van der Waals surface area contributed by atoms with Crippen molar-refractivity contribution in [3.05, 3.63) is 30.6 Å². The van der Waals surface area contributed by atoms with E-state index in [1.807, 2.05) is 17.7 Å². The van der Waals surface area contributed by atoms with Gasteiger partial charge >= 0.3 is 0 Å². The van der Waals surface area contributed by atoms with Gasteiger partial charge in [-0.1, -0.05) is 6.92 Å². The lowest BCUT2D eigenvalue weighted by molar-refractivity contribution is 0.863. The predicted octanol–water partition coefficient (Wildman–Crippen LogP) is 0.807. The van der Waals surface area contributed by atoms with Crippen LogP contribution in [0.2, 0.25) is 0 Å². The minimum atomic E-state index is 0.417. The molecule has 0 radical (unpaired) electrons. The van der Waals surface area contributed by atoms with E-state index in [-0.39, 0.29) is 0 Å². The Balaban J connectivity index is 2.54. The van der Waals surface area contributed by atoms with Gasteiger partial charge in [0, 0.05) is 31.2 Å². The summed E-state index contributed by atoms with van der Waals surface area (Å²) in [6.07, 6.45) is 7.59. The van der Waals surface area contributed by atoms with Crippen molar-refractivity contribution < 1.29 is 0 Å². The average Bonchev–Trinajstić information content (AvgIpc) is 2.66. The minimum Gasteiger partial charge on any atom is -0.381 e. The molecule has 0 saturated carbocycles. The van der Waals surface area contributed by atoms with Crippen LogP contribution in [0, 0.1) is 0 Å². The molecule has 0 atom stereocenters. The predicted molar refractivity (Wildman–Crippen MR) is 52.9 cm³/mol. The van der Waals surface area contributed by atoms with Crippen molar-refractivity contribution >= 4 is 5.82 Å². The summed E-state index contributed by atoms with van der Waals surface area (Å²) >= 11 is 0. The number of imidazole rings is 1. The van der Waals surface area contributed by atoms with Gasteiger partial charge in [0.2, 0.25) is 0 Å². The number of aromatic nitrogens is 4. The van der Waals surface area contributed by atoms with Crippen LogP contribution in [0.3, 0.4) is 0 Å². The van der Waals surface area contributed by atoms with Crippen molar-refractivity contribution in [3.8, 4) is 5.82 Å². The van der Waals surface area contributed by atoms with E-state index in [1.54, 1.807) is 18.6 Å². The maximum absolute atomic E-state index is 5.71. The van der Waals surface area contributed by atoms with Gasteiger partial charge in [-0.3, -0.25) is 4.57 Å². The zero-order valence-corrected chi connectivity index (χ0v) is 7.88. The van der Waals surface area contributed by atoms with E-state index in [1.165, 1.54) is 0 Å².